The molecule has 1 aromatic rings. The zero-order valence-electron chi connectivity index (χ0n) is 12.6. The molecule has 0 spiro atoms. The molecule has 1 saturated carbocycles. The summed E-state index contributed by atoms with van der Waals surface area (Å²) >= 11 is 0. The highest BCUT2D eigenvalue weighted by Gasteiger charge is 2.22. The number of ether oxygens (including phenoxy) is 1. The van der Waals surface area contributed by atoms with Crippen LogP contribution < -0.4 is 5.32 Å². The van der Waals surface area contributed by atoms with E-state index >= 15 is 0 Å². The van der Waals surface area contributed by atoms with E-state index in [4.69, 9.17) is 4.74 Å². The van der Waals surface area contributed by atoms with Crippen molar-refractivity contribution in [1.29, 1.82) is 0 Å². The Morgan fingerprint density at radius 3 is 2.71 bits per heavy atom. The van der Waals surface area contributed by atoms with Gasteiger partial charge < -0.3 is 20.3 Å². The maximum absolute atomic E-state index is 9.87. The highest BCUT2D eigenvalue weighted by atomic mass is 16.5. The molecular weight excluding hydrogens is 266 g/mol. The van der Waals surface area contributed by atoms with Gasteiger partial charge in [-0.2, -0.15) is 0 Å². The molecule has 4 heteroatoms. The second-order valence-corrected chi connectivity index (χ2v) is 5.92. The Labute approximate surface area is 127 Å². The number of aliphatic hydroxyl groups excluding tert-OH is 2. The van der Waals surface area contributed by atoms with Gasteiger partial charge in [-0.1, -0.05) is 43.2 Å². The lowest BCUT2D eigenvalue weighted by Gasteiger charge is -2.28. The van der Waals surface area contributed by atoms with E-state index in [0.717, 1.165) is 31.4 Å². The van der Waals surface area contributed by atoms with Crippen LogP contribution in [0.1, 0.15) is 31.2 Å². The Morgan fingerprint density at radius 2 is 1.95 bits per heavy atom. The summed E-state index contributed by atoms with van der Waals surface area (Å²) in [6.07, 6.45) is 3.64. The summed E-state index contributed by atoms with van der Waals surface area (Å²) in [5.41, 5.74) is 1.11. The fourth-order valence-electron chi connectivity index (χ4n) is 2.81. The van der Waals surface area contributed by atoms with Gasteiger partial charge in [-0.3, -0.25) is 0 Å². The first kappa shape index (κ1) is 16.4. The van der Waals surface area contributed by atoms with Crippen molar-refractivity contribution >= 4 is 0 Å². The van der Waals surface area contributed by atoms with Gasteiger partial charge in [0, 0.05) is 13.1 Å². The summed E-state index contributed by atoms with van der Waals surface area (Å²) in [7, 11) is 0. The maximum atomic E-state index is 9.87. The Hall–Kier alpha value is -0.940. The van der Waals surface area contributed by atoms with Crippen molar-refractivity contribution in [2.24, 2.45) is 5.92 Å². The minimum atomic E-state index is -0.505. The number of rotatable bonds is 8. The van der Waals surface area contributed by atoms with E-state index in [1.54, 1.807) is 0 Å². The van der Waals surface area contributed by atoms with E-state index < -0.39 is 6.10 Å². The molecule has 0 bridgehead atoms. The third-order valence-corrected chi connectivity index (χ3v) is 4.08. The molecule has 0 aliphatic heterocycles. The van der Waals surface area contributed by atoms with Crippen LogP contribution in [0.2, 0.25) is 0 Å². The average Bonchev–Trinajstić information content (AvgIpc) is 2.50. The van der Waals surface area contributed by atoms with Gasteiger partial charge in [-0.15, -0.1) is 0 Å². The largest absolute Gasteiger partial charge is 0.393 e. The summed E-state index contributed by atoms with van der Waals surface area (Å²) in [5, 5.41) is 23.0. The first-order valence-electron chi connectivity index (χ1n) is 7.94. The topological polar surface area (TPSA) is 61.7 Å². The second-order valence-electron chi connectivity index (χ2n) is 5.92. The van der Waals surface area contributed by atoms with E-state index in [1.807, 2.05) is 30.3 Å². The number of hydrogen-bond acceptors (Lipinski definition) is 4. The lowest BCUT2D eigenvalue weighted by atomic mass is 9.86. The highest BCUT2D eigenvalue weighted by Crippen LogP contribution is 2.23. The van der Waals surface area contributed by atoms with E-state index in [2.05, 4.69) is 5.32 Å². The first-order chi connectivity index (χ1) is 10.3. The van der Waals surface area contributed by atoms with Gasteiger partial charge in [-0.25, -0.2) is 0 Å². The van der Waals surface area contributed by atoms with Crippen LogP contribution >= 0.6 is 0 Å². The first-order valence-corrected chi connectivity index (χ1v) is 7.94. The molecule has 21 heavy (non-hydrogen) atoms. The van der Waals surface area contributed by atoms with Crippen LogP contribution in [0.4, 0.5) is 0 Å². The minimum Gasteiger partial charge on any atom is -0.393 e. The van der Waals surface area contributed by atoms with Crippen LogP contribution in [0.3, 0.4) is 0 Å². The number of aliphatic hydroxyl groups is 2. The number of nitrogens with one attached hydrogen (secondary N) is 1. The van der Waals surface area contributed by atoms with E-state index in [-0.39, 0.29) is 6.10 Å². The van der Waals surface area contributed by atoms with Crippen LogP contribution in [0.15, 0.2) is 30.3 Å². The predicted molar refractivity (Wildman–Crippen MR) is 82.9 cm³/mol. The van der Waals surface area contributed by atoms with Crippen molar-refractivity contribution in [2.75, 3.05) is 19.7 Å². The minimum absolute atomic E-state index is 0.183. The van der Waals surface area contributed by atoms with Crippen LogP contribution in [-0.4, -0.2) is 42.1 Å². The number of hydrogen-bond donors (Lipinski definition) is 3. The molecule has 0 heterocycles. The SMILES string of the molecule is OC(CNCC1CCCCC1O)COCc1ccccc1. The van der Waals surface area contributed by atoms with Gasteiger partial charge in [0.05, 0.1) is 25.4 Å². The van der Waals surface area contributed by atoms with Crippen molar-refractivity contribution in [2.45, 2.75) is 44.5 Å². The molecule has 3 N–H and O–H groups in total. The van der Waals surface area contributed by atoms with Crippen molar-refractivity contribution in [3.8, 4) is 0 Å². The summed E-state index contributed by atoms with van der Waals surface area (Å²) in [6, 6.07) is 9.95. The highest BCUT2D eigenvalue weighted by molar-refractivity contribution is 5.13. The van der Waals surface area contributed by atoms with E-state index in [9.17, 15) is 10.2 Å². The third kappa shape index (κ3) is 6.14. The van der Waals surface area contributed by atoms with Gasteiger partial charge in [0.1, 0.15) is 0 Å². The van der Waals surface area contributed by atoms with Crippen molar-refractivity contribution in [3.63, 3.8) is 0 Å². The fraction of sp³-hybridized carbons (Fsp3) is 0.647. The summed E-state index contributed by atoms with van der Waals surface area (Å²) < 4.78 is 5.51. The summed E-state index contributed by atoms with van der Waals surface area (Å²) in [4.78, 5) is 0. The molecule has 3 atom stereocenters. The van der Waals surface area contributed by atoms with Crippen molar-refractivity contribution in [1.82, 2.24) is 5.32 Å². The van der Waals surface area contributed by atoms with Crippen LogP contribution in [0.25, 0.3) is 0 Å². The molecule has 0 saturated heterocycles. The van der Waals surface area contributed by atoms with Crippen molar-refractivity contribution in [3.05, 3.63) is 35.9 Å². The smallest absolute Gasteiger partial charge is 0.0897 e. The van der Waals surface area contributed by atoms with Gasteiger partial charge in [-0.05, 0) is 24.3 Å². The van der Waals surface area contributed by atoms with Crippen LogP contribution in [-0.2, 0) is 11.3 Å². The fourth-order valence-corrected chi connectivity index (χ4v) is 2.81. The molecule has 2 rings (SSSR count). The number of benzene rings is 1. The zero-order chi connectivity index (χ0) is 14.9. The molecular formula is C17H27NO3. The Kier molecular flexibility index (Phi) is 7.16. The van der Waals surface area contributed by atoms with Gasteiger partial charge >= 0.3 is 0 Å². The van der Waals surface area contributed by atoms with Crippen LogP contribution in [0.5, 0.6) is 0 Å². The lowest BCUT2D eigenvalue weighted by Crippen LogP contribution is -2.38. The average molecular weight is 293 g/mol. The molecule has 4 nitrogen and oxygen atoms in total. The molecule has 1 aliphatic rings. The molecule has 0 amide bonds. The molecule has 3 unspecified atom stereocenters. The third-order valence-electron chi connectivity index (χ3n) is 4.08. The molecule has 118 valence electrons. The van der Waals surface area contributed by atoms with Crippen LogP contribution in [0, 0.1) is 5.92 Å². The Morgan fingerprint density at radius 1 is 1.19 bits per heavy atom. The molecule has 1 aromatic carbocycles. The zero-order valence-corrected chi connectivity index (χ0v) is 12.6. The predicted octanol–water partition coefficient (Wildman–Crippen LogP) is 1.70. The quantitative estimate of drug-likeness (QED) is 0.683. The Bertz CT molecular complexity index is 385. The lowest BCUT2D eigenvalue weighted by molar-refractivity contribution is 0.0253. The second kappa shape index (κ2) is 9.15. The van der Waals surface area contributed by atoms with E-state index in [1.165, 1.54) is 6.42 Å². The normalized spacial score (nSPS) is 23.9. The monoisotopic (exact) mass is 293 g/mol. The molecule has 0 radical (unpaired) electrons. The van der Waals surface area contributed by atoms with Crippen molar-refractivity contribution < 1.29 is 14.9 Å². The molecule has 1 aliphatic carbocycles. The standard InChI is InChI=1S/C17H27NO3/c19-16(13-21-12-14-6-2-1-3-7-14)11-18-10-15-8-4-5-9-17(15)20/h1-3,6-7,15-20H,4-5,8-13H2. The summed E-state index contributed by atoms with van der Waals surface area (Å²) in [5.74, 6) is 0.330. The van der Waals surface area contributed by atoms with E-state index in [0.29, 0.717) is 25.7 Å². The maximum Gasteiger partial charge on any atom is 0.0897 e. The summed E-state index contributed by atoms with van der Waals surface area (Å²) in [6.45, 7) is 2.14. The molecule has 1 fully saturated rings. The molecule has 0 aromatic heterocycles. The Balaban J connectivity index is 1.54. The van der Waals surface area contributed by atoms with Gasteiger partial charge in [0.2, 0.25) is 0 Å². The van der Waals surface area contributed by atoms with Gasteiger partial charge in [0.15, 0.2) is 0 Å². The van der Waals surface area contributed by atoms with Gasteiger partial charge in [0.25, 0.3) is 0 Å².